The van der Waals surface area contributed by atoms with Crippen LogP contribution in [0.5, 0.6) is 5.75 Å². The minimum atomic E-state index is -3.46. The second kappa shape index (κ2) is 7.86. The standard InChI is InChI=1S/C13H20N2O4S/c1-3-9-15-20(17,18)12-7-5-11(6-8-12)19-10-13(16)14-4-2/h5-8,15H,3-4,9-10H2,1-2H3,(H,14,16). The Bertz CT molecular complexity index is 526. The number of amides is 1. The van der Waals surface area contributed by atoms with Crippen LogP contribution >= 0.6 is 0 Å². The van der Waals surface area contributed by atoms with Gasteiger partial charge >= 0.3 is 0 Å². The third-order valence-electron chi connectivity index (χ3n) is 2.42. The number of carbonyl (C=O) groups is 1. The van der Waals surface area contributed by atoms with Gasteiger partial charge in [-0.3, -0.25) is 4.79 Å². The van der Waals surface area contributed by atoms with E-state index in [0.717, 1.165) is 6.42 Å². The van der Waals surface area contributed by atoms with Gasteiger partial charge in [0, 0.05) is 13.1 Å². The Morgan fingerprint density at radius 1 is 1.20 bits per heavy atom. The monoisotopic (exact) mass is 300 g/mol. The molecule has 0 spiro atoms. The number of rotatable bonds is 8. The third kappa shape index (κ3) is 5.18. The Morgan fingerprint density at radius 3 is 2.40 bits per heavy atom. The van der Waals surface area contributed by atoms with Crippen molar-refractivity contribution >= 4 is 15.9 Å². The molecule has 1 rings (SSSR count). The van der Waals surface area contributed by atoms with Crippen LogP contribution in [0.25, 0.3) is 0 Å². The molecule has 0 aliphatic carbocycles. The van der Waals surface area contributed by atoms with Gasteiger partial charge in [0.2, 0.25) is 10.0 Å². The van der Waals surface area contributed by atoms with Gasteiger partial charge in [0.25, 0.3) is 5.91 Å². The first-order chi connectivity index (χ1) is 9.49. The Kier molecular flexibility index (Phi) is 6.47. The molecule has 1 amide bonds. The van der Waals surface area contributed by atoms with Gasteiger partial charge in [-0.1, -0.05) is 6.92 Å². The Labute approximate surface area is 119 Å². The molecule has 6 nitrogen and oxygen atoms in total. The number of hydrogen-bond donors (Lipinski definition) is 2. The SMILES string of the molecule is CCCNS(=O)(=O)c1ccc(OCC(=O)NCC)cc1. The first kappa shape index (κ1) is 16.5. The molecule has 2 N–H and O–H groups in total. The minimum Gasteiger partial charge on any atom is -0.484 e. The van der Waals surface area contributed by atoms with Crippen molar-refractivity contribution in [3.63, 3.8) is 0 Å². The highest BCUT2D eigenvalue weighted by atomic mass is 32.2. The molecule has 0 aliphatic rings. The fourth-order valence-corrected chi connectivity index (χ4v) is 2.57. The third-order valence-corrected chi connectivity index (χ3v) is 3.90. The molecule has 0 bridgehead atoms. The number of hydrogen-bond acceptors (Lipinski definition) is 4. The molecule has 7 heteroatoms. The van der Waals surface area contributed by atoms with Crippen molar-refractivity contribution in [1.29, 1.82) is 0 Å². The van der Waals surface area contributed by atoms with Crippen LogP contribution in [0.4, 0.5) is 0 Å². The second-order valence-corrected chi connectivity index (χ2v) is 5.88. The van der Waals surface area contributed by atoms with Crippen LogP contribution in [0.1, 0.15) is 20.3 Å². The van der Waals surface area contributed by atoms with Gasteiger partial charge in [-0.05, 0) is 37.6 Å². The number of likely N-dealkylation sites (N-methyl/N-ethyl adjacent to an activating group) is 1. The van der Waals surface area contributed by atoms with Crippen LogP contribution in [-0.4, -0.2) is 34.0 Å². The van der Waals surface area contributed by atoms with E-state index in [1.54, 1.807) is 0 Å². The largest absolute Gasteiger partial charge is 0.484 e. The highest BCUT2D eigenvalue weighted by Gasteiger charge is 2.12. The predicted octanol–water partition coefficient (Wildman–Crippen LogP) is 0.890. The summed E-state index contributed by atoms with van der Waals surface area (Å²) in [5, 5.41) is 2.60. The normalized spacial score (nSPS) is 11.1. The summed E-state index contributed by atoms with van der Waals surface area (Å²) in [5.41, 5.74) is 0. The first-order valence-electron chi connectivity index (χ1n) is 6.48. The average molecular weight is 300 g/mol. The molecular formula is C13H20N2O4S. The van der Waals surface area contributed by atoms with E-state index in [1.165, 1.54) is 24.3 Å². The number of ether oxygens (including phenoxy) is 1. The molecule has 0 saturated heterocycles. The van der Waals surface area contributed by atoms with Crippen molar-refractivity contribution in [2.45, 2.75) is 25.2 Å². The van der Waals surface area contributed by atoms with Gasteiger partial charge in [0.15, 0.2) is 6.61 Å². The Balaban J connectivity index is 2.62. The highest BCUT2D eigenvalue weighted by molar-refractivity contribution is 7.89. The lowest BCUT2D eigenvalue weighted by atomic mass is 10.3. The van der Waals surface area contributed by atoms with Gasteiger partial charge in [0.1, 0.15) is 5.75 Å². The number of carbonyl (C=O) groups excluding carboxylic acids is 1. The van der Waals surface area contributed by atoms with Gasteiger partial charge in [-0.2, -0.15) is 0 Å². The van der Waals surface area contributed by atoms with Crippen molar-refractivity contribution in [2.24, 2.45) is 0 Å². The van der Waals surface area contributed by atoms with Gasteiger partial charge < -0.3 is 10.1 Å². The zero-order valence-corrected chi connectivity index (χ0v) is 12.5. The van der Waals surface area contributed by atoms with Crippen molar-refractivity contribution in [3.05, 3.63) is 24.3 Å². The molecule has 1 aromatic rings. The summed E-state index contributed by atoms with van der Waals surface area (Å²) < 4.78 is 31.4. The Morgan fingerprint density at radius 2 is 1.85 bits per heavy atom. The molecule has 1 aromatic carbocycles. The van der Waals surface area contributed by atoms with E-state index in [1.807, 2.05) is 13.8 Å². The average Bonchev–Trinajstić information content (AvgIpc) is 2.44. The van der Waals surface area contributed by atoms with Crippen molar-refractivity contribution < 1.29 is 17.9 Å². The number of nitrogens with one attached hydrogen (secondary N) is 2. The van der Waals surface area contributed by atoms with Crippen molar-refractivity contribution in [1.82, 2.24) is 10.0 Å². The summed E-state index contributed by atoms with van der Waals surface area (Å²) in [5.74, 6) is 0.236. The molecule has 0 heterocycles. The molecule has 0 aliphatic heterocycles. The first-order valence-corrected chi connectivity index (χ1v) is 7.97. The maximum absolute atomic E-state index is 11.8. The summed E-state index contributed by atoms with van der Waals surface area (Å²) in [7, 11) is -3.46. The zero-order chi connectivity index (χ0) is 15.0. The summed E-state index contributed by atoms with van der Waals surface area (Å²) >= 11 is 0. The summed E-state index contributed by atoms with van der Waals surface area (Å²) in [6, 6.07) is 5.95. The lowest BCUT2D eigenvalue weighted by molar-refractivity contribution is -0.122. The van der Waals surface area contributed by atoms with Crippen LogP contribution in [0.3, 0.4) is 0 Å². The highest BCUT2D eigenvalue weighted by Crippen LogP contribution is 2.15. The fraction of sp³-hybridized carbons (Fsp3) is 0.462. The lowest BCUT2D eigenvalue weighted by Crippen LogP contribution is -2.28. The molecule has 0 atom stereocenters. The van der Waals surface area contributed by atoms with Gasteiger partial charge in [-0.15, -0.1) is 0 Å². The van der Waals surface area contributed by atoms with E-state index in [-0.39, 0.29) is 17.4 Å². The predicted molar refractivity (Wildman–Crippen MR) is 76.1 cm³/mol. The van der Waals surface area contributed by atoms with E-state index in [2.05, 4.69) is 10.0 Å². The summed E-state index contributed by atoms with van der Waals surface area (Å²) in [6.07, 6.45) is 0.729. The van der Waals surface area contributed by atoms with Crippen molar-refractivity contribution in [2.75, 3.05) is 19.7 Å². The van der Waals surface area contributed by atoms with Crippen LogP contribution in [-0.2, 0) is 14.8 Å². The number of benzene rings is 1. The molecular weight excluding hydrogens is 280 g/mol. The van der Waals surface area contributed by atoms with Gasteiger partial charge in [-0.25, -0.2) is 13.1 Å². The lowest BCUT2D eigenvalue weighted by Gasteiger charge is -2.08. The molecule has 112 valence electrons. The van der Waals surface area contributed by atoms with E-state index >= 15 is 0 Å². The zero-order valence-electron chi connectivity index (χ0n) is 11.7. The van der Waals surface area contributed by atoms with E-state index in [9.17, 15) is 13.2 Å². The topological polar surface area (TPSA) is 84.5 Å². The van der Waals surface area contributed by atoms with E-state index in [0.29, 0.717) is 18.8 Å². The molecule has 0 saturated carbocycles. The van der Waals surface area contributed by atoms with Crippen molar-refractivity contribution in [3.8, 4) is 5.75 Å². The van der Waals surface area contributed by atoms with Crippen LogP contribution in [0, 0.1) is 0 Å². The Hall–Kier alpha value is -1.60. The second-order valence-electron chi connectivity index (χ2n) is 4.11. The minimum absolute atomic E-state index is 0.0893. The summed E-state index contributed by atoms with van der Waals surface area (Å²) in [4.78, 5) is 11.4. The van der Waals surface area contributed by atoms with Gasteiger partial charge in [0.05, 0.1) is 4.90 Å². The van der Waals surface area contributed by atoms with E-state index < -0.39 is 10.0 Å². The molecule has 0 unspecified atom stereocenters. The van der Waals surface area contributed by atoms with E-state index in [4.69, 9.17) is 4.74 Å². The van der Waals surface area contributed by atoms with Crippen LogP contribution in [0.15, 0.2) is 29.2 Å². The molecule has 0 fully saturated rings. The smallest absolute Gasteiger partial charge is 0.257 e. The molecule has 20 heavy (non-hydrogen) atoms. The molecule has 0 aromatic heterocycles. The van der Waals surface area contributed by atoms with Crippen LogP contribution in [0.2, 0.25) is 0 Å². The quantitative estimate of drug-likeness (QED) is 0.747. The molecule has 0 radical (unpaired) electrons. The maximum Gasteiger partial charge on any atom is 0.257 e. The fourth-order valence-electron chi connectivity index (χ4n) is 1.43. The number of sulfonamides is 1. The maximum atomic E-state index is 11.8. The summed E-state index contributed by atoms with van der Waals surface area (Å²) in [6.45, 7) is 4.57. The van der Waals surface area contributed by atoms with Crippen LogP contribution < -0.4 is 14.8 Å².